The van der Waals surface area contributed by atoms with Crippen molar-refractivity contribution in [3.8, 4) is 0 Å². The molecule has 0 spiro atoms. The van der Waals surface area contributed by atoms with Gasteiger partial charge in [-0.15, -0.1) is 0 Å². The van der Waals surface area contributed by atoms with E-state index >= 15 is 0 Å². The molecule has 0 aliphatic carbocycles. The third-order valence-corrected chi connectivity index (χ3v) is 3.58. The Morgan fingerprint density at radius 3 is 1.60 bits per heavy atom. The highest BCUT2D eigenvalue weighted by Crippen LogP contribution is 2.11. The zero-order valence-corrected chi connectivity index (χ0v) is 13.8. The van der Waals surface area contributed by atoms with E-state index in [9.17, 15) is 0 Å². The highest BCUT2D eigenvalue weighted by molar-refractivity contribution is 7.80. The lowest BCUT2D eigenvalue weighted by Crippen LogP contribution is -2.32. The summed E-state index contributed by atoms with van der Waals surface area (Å²) in [6, 6.07) is 6.56. The highest BCUT2D eigenvalue weighted by Gasteiger charge is 2.02. The fraction of sp³-hybridized carbons (Fsp3) is 0.429. The first-order valence-electron chi connectivity index (χ1n) is 6.62. The van der Waals surface area contributed by atoms with E-state index in [1.54, 1.807) is 0 Å². The summed E-state index contributed by atoms with van der Waals surface area (Å²) < 4.78 is 0. The first-order chi connectivity index (χ1) is 9.58. The van der Waals surface area contributed by atoms with Gasteiger partial charge in [0, 0.05) is 27.2 Å². The zero-order valence-electron chi connectivity index (χ0n) is 12.2. The fourth-order valence-corrected chi connectivity index (χ4v) is 1.93. The second-order valence-electron chi connectivity index (χ2n) is 4.38. The Hall–Kier alpha value is -1.40. The van der Waals surface area contributed by atoms with Gasteiger partial charge in [0.05, 0.1) is 0 Å². The van der Waals surface area contributed by atoms with Crippen LogP contribution in [-0.2, 0) is 19.5 Å². The molecule has 0 atom stereocenters. The Labute approximate surface area is 131 Å². The van der Waals surface area contributed by atoms with Crippen LogP contribution >= 0.6 is 24.4 Å². The zero-order chi connectivity index (χ0) is 15.0. The van der Waals surface area contributed by atoms with E-state index in [1.807, 2.05) is 14.1 Å². The van der Waals surface area contributed by atoms with Crippen molar-refractivity contribution in [1.29, 1.82) is 0 Å². The second kappa shape index (κ2) is 8.71. The van der Waals surface area contributed by atoms with Crippen LogP contribution in [0.2, 0.25) is 0 Å². The smallest absolute Gasteiger partial charge is 0.166 e. The van der Waals surface area contributed by atoms with Crippen molar-refractivity contribution in [2.45, 2.75) is 26.4 Å². The van der Waals surface area contributed by atoms with Crippen LogP contribution in [0.4, 0.5) is 0 Å². The van der Waals surface area contributed by atoms with E-state index in [1.165, 1.54) is 16.7 Å². The Kier molecular flexibility index (Phi) is 7.25. The molecule has 0 aromatic heterocycles. The summed E-state index contributed by atoms with van der Waals surface area (Å²) in [5.41, 5.74) is 3.75. The molecule has 110 valence electrons. The Balaban J connectivity index is 2.74. The molecule has 0 saturated heterocycles. The Bertz CT molecular complexity index is 436. The van der Waals surface area contributed by atoms with Gasteiger partial charge >= 0.3 is 0 Å². The molecule has 0 amide bonds. The maximum absolute atomic E-state index is 5.09. The lowest BCUT2D eigenvalue weighted by molar-refractivity contribution is 0.861. The van der Waals surface area contributed by atoms with Crippen LogP contribution in [0.5, 0.6) is 0 Å². The molecule has 0 aliphatic heterocycles. The van der Waals surface area contributed by atoms with Gasteiger partial charge in [0.1, 0.15) is 0 Å². The van der Waals surface area contributed by atoms with Gasteiger partial charge < -0.3 is 21.3 Å². The van der Waals surface area contributed by atoms with Crippen molar-refractivity contribution in [1.82, 2.24) is 21.3 Å². The quantitative estimate of drug-likeness (QED) is 0.618. The summed E-state index contributed by atoms with van der Waals surface area (Å²) in [7, 11) is 3.62. The molecular formula is C14H22N4S2. The summed E-state index contributed by atoms with van der Waals surface area (Å²) in [5.74, 6) is 0. The molecule has 1 aromatic carbocycles. The lowest BCUT2D eigenvalue weighted by atomic mass is 10.0. The van der Waals surface area contributed by atoms with Crippen LogP contribution in [0.25, 0.3) is 0 Å². The molecule has 0 heterocycles. The van der Waals surface area contributed by atoms with E-state index in [-0.39, 0.29) is 0 Å². The van der Waals surface area contributed by atoms with E-state index in [2.05, 4.69) is 46.4 Å². The van der Waals surface area contributed by atoms with Crippen molar-refractivity contribution < 1.29 is 0 Å². The van der Waals surface area contributed by atoms with E-state index in [4.69, 9.17) is 24.4 Å². The molecule has 4 nitrogen and oxygen atoms in total. The molecule has 0 fully saturated rings. The van der Waals surface area contributed by atoms with E-state index in [0.29, 0.717) is 10.2 Å². The molecule has 0 unspecified atom stereocenters. The maximum atomic E-state index is 5.09. The molecule has 0 bridgehead atoms. The number of benzene rings is 1. The second-order valence-corrected chi connectivity index (χ2v) is 5.19. The standard InChI is InChI=1S/C14H22N4S2/c1-4-10-5-11(8-17-13(19)15-2)7-12(6-10)9-18-14(20)16-3/h5-7H,4,8-9H2,1-3H3,(H2,15,17,19)(H2,16,18,20). The van der Waals surface area contributed by atoms with Gasteiger partial charge in [-0.2, -0.15) is 0 Å². The molecule has 6 heteroatoms. The van der Waals surface area contributed by atoms with Crippen molar-refractivity contribution in [2.75, 3.05) is 14.1 Å². The summed E-state index contributed by atoms with van der Waals surface area (Å²) in [5, 5.41) is 13.5. The lowest BCUT2D eigenvalue weighted by Gasteiger charge is -2.12. The van der Waals surface area contributed by atoms with Crippen LogP contribution in [0, 0.1) is 0 Å². The molecule has 1 aromatic rings. The third-order valence-electron chi connectivity index (χ3n) is 2.88. The Morgan fingerprint density at radius 2 is 1.25 bits per heavy atom. The van der Waals surface area contributed by atoms with E-state index in [0.717, 1.165) is 19.5 Å². The fourth-order valence-electron chi connectivity index (χ4n) is 1.79. The minimum absolute atomic E-state index is 0.655. The Morgan fingerprint density at radius 1 is 0.850 bits per heavy atom. The van der Waals surface area contributed by atoms with Crippen LogP contribution in [0.15, 0.2) is 18.2 Å². The normalized spacial score (nSPS) is 9.75. The molecule has 0 radical (unpaired) electrons. The van der Waals surface area contributed by atoms with Crippen LogP contribution in [0.1, 0.15) is 23.6 Å². The van der Waals surface area contributed by atoms with Gasteiger partial charge in [0.25, 0.3) is 0 Å². The van der Waals surface area contributed by atoms with Gasteiger partial charge in [0.2, 0.25) is 0 Å². The van der Waals surface area contributed by atoms with Crippen molar-refractivity contribution in [3.05, 3.63) is 34.9 Å². The van der Waals surface area contributed by atoms with Gasteiger partial charge in [-0.1, -0.05) is 25.1 Å². The topological polar surface area (TPSA) is 48.1 Å². The number of thiocarbonyl (C=S) groups is 2. The molecule has 1 rings (SSSR count). The molecule has 4 N–H and O–H groups in total. The van der Waals surface area contributed by atoms with Crippen molar-refractivity contribution >= 4 is 34.7 Å². The van der Waals surface area contributed by atoms with Gasteiger partial charge in [-0.25, -0.2) is 0 Å². The number of aryl methyl sites for hydroxylation is 1. The first kappa shape index (κ1) is 16.7. The summed E-state index contributed by atoms with van der Waals surface area (Å²) in [4.78, 5) is 0. The monoisotopic (exact) mass is 310 g/mol. The summed E-state index contributed by atoms with van der Waals surface area (Å²) in [6.45, 7) is 3.59. The van der Waals surface area contributed by atoms with Crippen LogP contribution in [0.3, 0.4) is 0 Å². The average molecular weight is 310 g/mol. The van der Waals surface area contributed by atoms with Gasteiger partial charge in [0.15, 0.2) is 10.2 Å². The first-order valence-corrected chi connectivity index (χ1v) is 7.43. The number of hydrogen-bond acceptors (Lipinski definition) is 2. The molecule has 20 heavy (non-hydrogen) atoms. The SMILES string of the molecule is CCc1cc(CNC(=S)NC)cc(CNC(=S)NC)c1. The summed E-state index contributed by atoms with van der Waals surface area (Å²) in [6.07, 6.45) is 1.01. The van der Waals surface area contributed by atoms with Crippen molar-refractivity contribution in [3.63, 3.8) is 0 Å². The predicted octanol–water partition coefficient (Wildman–Crippen LogP) is 1.44. The minimum atomic E-state index is 0.655. The molecular weight excluding hydrogens is 288 g/mol. The van der Waals surface area contributed by atoms with Gasteiger partial charge in [-0.3, -0.25) is 0 Å². The number of rotatable bonds is 5. The molecule has 0 saturated carbocycles. The average Bonchev–Trinajstić information content (AvgIpc) is 2.49. The molecule has 0 aliphatic rings. The largest absolute Gasteiger partial charge is 0.366 e. The highest BCUT2D eigenvalue weighted by atomic mass is 32.1. The van der Waals surface area contributed by atoms with Crippen molar-refractivity contribution in [2.24, 2.45) is 0 Å². The van der Waals surface area contributed by atoms with Gasteiger partial charge in [-0.05, 0) is 47.5 Å². The van der Waals surface area contributed by atoms with E-state index < -0.39 is 0 Å². The number of hydrogen-bond donors (Lipinski definition) is 4. The minimum Gasteiger partial charge on any atom is -0.366 e. The number of nitrogens with one attached hydrogen (secondary N) is 4. The predicted molar refractivity (Wildman–Crippen MR) is 92.8 cm³/mol. The maximum Gasteiger partial charge on any atom is 0.166 e. The summed E-state index contributed by atoms with van der Waals surface area (Å²) >= 11 is 10.2. The third kappa shape index (κ3) is 5.71. The van der Waals surface area contributed by atoms with Crippen LogP contribution in [-0.4, -0.2) is 24.3 Å². The van der Waals surface area contributed by atoms with Crippen LogP contribution < -0.4 is 21.3 Å².